The zero-order valence-corrected chi connectivity index (χ0v) is 26.6. The Morgan fingerprint density at radius 3 is 1.69 bits per heavy atom. The summed E-state index contributed by atoms with van der Waals surface area (Å²) >= 11 is 0. The summed E-state index contributed by atoms with van der Waals surface area (Å²) in [5.41, 5.74) is 15.1. The number of anilines is 3. The zero-order chi connectivity index (χ0) is 32.1. The van der Waals surface area contributed by atoms with E-state index < -0.39 is 5.41 Å². The molecule has 0 N–H and O–H groups in total. The van der Waals surface area contributed by atoms with Crippen molar-refractivity contribution in [2.75, 3.05) is 4.90 Å². The molecule has 1 spiro atoms. The number of furan rings is 1. The highest BCUT2D eigenvalue weighted by molar-refractivity contribution is 6.18. The van der Waals surface area contributed by atoms with E-state index in [4.69, 9.17) is 4.42 Å². The number of nitrogens with zero attached hydrogens (tertiary/aromatic N) is 1. The first kappa shape index (κ1) is 26.7. The second-order valence-corrected chi connectivity index (χ2v) is 13.2. The molecular weight excluding hydrogens is 595 g/mol. The highest BCUT2D eigenvalue weighted by Gasteiger charge is 2.52. The van der Waals surface area contributed by atoms with Crippen molar-refractivity contribution >= 4 is 49.8 Å². The molecule has 2 heteroatoms. The monoisotopic (exact) mass is 623 g/mol. The molecule has 0 saturated heterocycles. The minimum absolute atomic E-state index is 0.415. The van der Waals surface area contributed by atoms with Crippen LogP contribution < -0.4 is 4.90 Å². The maximum Gasteiger partial charge on any atom is 0.159 e. The SMILES string of the molecule is c1ccc(N(c2cccc3c2-c2ccccc2C32c3ccccc3-c3ccccc32)c2cccc3c2oc2c4ccccc4ccc32)cc1. The Morgan fingerprint density at radius 1 is 0.367 bits per heavy atom. The lowest BCUT2D eigenvalue weighted by molar-refractivity contribution is 0.673. The third kappa shape index (κ3) is 3.40. The Morgan fingerprint density at radius 2 is 0.918 bits per heavy atom. The van der Waals surface area contributed by atoms with Crippen LogP contribution in [0, 0.1) is 0 Å². The third-order valence-electron chi connectivity index (χ3n) is 10.9. The molecule has 0 unspecified atom stereocenters. The van der Waals surface area contributed by atoms with Crippen LogP contribution in [-0.2, 0) is 5.41 Å². The normalized spacial score (nSPS) is 13.5. The molecule has 2 aliphatic carbocycles. The van der Waals surface area contributed by atoms with Crippen molar-refractivity contribution < 1.29 is 4.42 Å². The molecule has 11 rings (SSSR count). The summed E-state index contributed by atoms with van der Waals surface area (Å²) in [5.74, 6) is 0. The zero-order valence-electron chi connectivity index (χ0n) is 26.6. The fourth-order valence-corrected chi connectivity index (χ4v) is 8.98. The van der Waals surface area contributed by atoms with Gasteiger partial charge in [-0.2, -0.15) is 0 Å². The van der Waals surface area contributed by atoms with Crippen LogP contribution in [0.2, 0.25) is 0 Å². The van der Waals surface area contributed by atoms with Gasteiger partial charge in [-0.3, -0.25) is 0 Å². The number of rotatable bonds is 3. The molecule has 49 heavy (non-hydrogen) atoms. The van der Waals surface area contributed by atoms with Gasteiger partial charge in [0, 0.05) is 27.4 Å². The predicted octanol–water partition coefficient (Wildman–Crippen LogP) is 12.6. The Bertz CT molecular complexity index is 2740. The van der Waals surface area contributed by atoms with E-state index in [2.05, 4.69) is 181 Å². The van der Waals surface area contributed by atoms with Crippen molar-refractivity contribution in [1.29, 1.82) is 0 Å². The van der Waals surface area contributed by atoms with Crippen LogP contribution in [-0.4, -0.2) is 0 Å². The van der Waals surface area contributed by atoms with Gasteiger partial charge in [0.05, 0.1) is 16.8 Å². The van der Waals surface area contributed by atoms with Crippen LogP contribution in [0.1, 0.15) is 22.3 Å². The van der Waals surface area contributed by atoms with Crippen LogP contribution in [0.25, 0.3) is 55.0 Å². The first-order valence-corrected chi connectivity index (χ1v) is 16.9. The molecular formula is C47H29NO. The Kier molecular flexibility index (Phi) is 5.34. The maximum absolute atomic E-state index is 6.95. The first-order valence-electron chi connectivity index (χ1n) is 16.9. The van der Waals surface area contributed by atoms with Crippen molar-refractivity contribution in [3.8, 4) is 22.3 Å². The number of hydrogen-bond donors (Lipinski definition) is 0. The average Bonchev–Trinajstić information content (AvgIpc) is 3.81. The number of hydrogen-bond acceptors (Lipinski definition) is 2. The van der Waals surface area contributed by atoms with Crippen LogP contribution in [0.5, 0.6) is 0 Å². The summed E-state index contributed by atoms with van der Waals surface area (Å²) in [6, 6.07) is 64.1. The van der Waals surface area contributed by atoms with Gasteiger partial charge in [-0.25, -0.2) is 0 Å². The van der Waals surface area contributed by atoms with Crippen LogP contribution in [0.3, 0.4) is 0 Å². The molecule has 0 bridgehead atoms. The van der Waals surface area contributed by atoms with Gasteiger partial charge in [0.2, 0.25) is 0 Å². The van der Waals surface area contributed by atoms with Crippen molar-refractivity contribution in [1.82, 2.24) is 0 Å². The summed E-state index contributed by atoms with van der Waals surface area (Å²) in [6.07, 6.45) is 0. The fourth-order valence-electron chi connectivity index (χ4n) is 8.98. The molecule has 0 aliphatic heterocycles. The van der Waals surface area contributed by atoms with E-state index in [0.29, 0.717) is 0 Å². The molecule has 2 aliphatic rings. The van der Waals surface area contributed by atoms with Gasteiger partial charge < -0.3 is 9.32 Å². The molecule has 0 atom stereocenters. The van der Waals surface area contributed by atoms with Crippen molar-refractivity contribution in [3.63, 3.8) is 0 Å². The van der Waals surface area contributed by atoms with Gasteiger partial charge in [-0.15, -0.1) is 0 Å². The first-order chi connectivity index (χ1) is 24.3. The van der Waals surface area contributed by atoms with E-state index in [1.165, 1.54) is 49.9 Å². The molecule has 8 aromatic carbocycles. The lowest BCUT2D eigenvalue weighted by atomic mass is 9.70. The fraction of sp³-hybridized carbons (Fsp3) is 0.0213. The van der Waals surface area contributed by atoms with E-state index in [0.717, 1.165) is 44.4 Å². The largest absolute Gasteiger partial charge is 0.453 e. The minimum atomic E-state index is -0.415. The van der Waals surface area contributed by atoms with Crippen LogP contribution in [0.4, 0.5) is 17.1 Å². The van der Waals surface area contributed by atoms with E-state index in [9.17, 15) is 0 Å². The molecule has 228 valence electrons. The molecule has 2 nitrogen and oxygen atoms in total. The van der Waals surface area contributed by atoms with Gasteiger partial charge >= 0.3 is 0 Å². The number of fused-ring (bicyclic) bond motifs is 15. The topological polar surface area (TPSA) is 16.4 Å². The summed E-state index contributed by atoms with van der Waals surface area (Å²) in [5, 5.41) is 4.55. The van der Waals surface area contributed by atoms with Crippen LogP contribution in [0.15, 0.2) is 180 Å². The van der Waals surface area contributed by atoms with E-state index in [1.54, 1.807) is 0 Å². The van der Waals surface area contributed by atoms with Gasteiger partial charge in [-0.05, 0) is 74.7 Å². The second-order valence-electron chi connectivity index (χ2n) is 13.2. The van der Waals surface area contributed by atoms with Gasteiger partial charge in [0.15, 0.2) is 5.58 Å². The van der Waals surface area contributed by atoms with Crippen molar-refractivity contribution in [2.45, 2.75) is 5.41 Å². The molecule has 1 heterocycles. The molecule has 0 saturated carbocycles. The number of para-hydroxylation sites is 2. The molecule has 0 radical (unpaired) electrons. The summed E-state index contributed by atoms with van der Waals surface area (Å²) in [7, 11) is 0. The summed E-state index contributed by atoms with van der Waals surface area (Å²) < 4.78 is 6.95. The Labute approximate surface area is 284 Å². The smallest absolute Gasteiger partial charge is 0.159 e. The quantitative estimate of drug-likeness (QED) is 0.195. The molecule has 9 aromatic rings. The van der Waals surface area contributed by atoms with Gasteiger partial charge in [-0.1, -0.05) is 146 Å². The molecule has 0 amide bonds. The summed E-state index contributed by atoms with van der Waals surface area (Å²) in [4.78, 5) is 2.41. The molecule has 1 aromatic heterocycles. The Balaban J connectivity index is 1.25. The maximum atomic E-state index is 6.95. The highest BCUT2D eigenvalue weighted by atomic mass is 16.3. The second kappa shape index (κ2) is 9.82. The predicted molar refractivity (Wildman–Crippen MR) is 202 cm³/mol. The van der Waals surface area contributed by atoms with Gasteiger partial charge in [0.25, 0.3) is 0 Å². The van der Waals surface area contributed by atoms with Crippen molar-refractivity contribution in [3.05, 3.63) is 198 Å². The van der Waals surface area contributed by atoms with E-state index in [-0.39, 0.29) is 0 Å². The highest BCUT2D eigenvalue weighted by Crippen LogP contribution is 2.64. The summed E-state index contributed by atoms with van der Waals surface area (Å²) in [6.45, 7) is 0. The number of benzene rings is 8. The van der Waals surface area contributed by atoms with Crippen molar-refractivity contribution in [2.24, 2.45) is 0 Å². The van der Waals surface area contributed by atoms with E-state index >= 15 is 0 Å². The average molecular weight is 624 g/mol. The molecule has 0 fully saturated rings. The third-order valence-corrected chi connectivity index (χ3v) is 10.9. The Hall–Kier alpha value is -6.38. The lowest BCUT2D eigenvalue weighted by Crippen LogP contribution is -2.26. The van der Waals surface area contributed by atoms with E-state index in [1.807, 2.05) is 0 Å². The van der Waals surface area contributed by atoms with Gasteiger partial charge in [0.1, 0.15) is 5.58 Å². The standard InChI is InChI=1S/C47H29NO/c1-2-15-31(16-3-1)48(43-27-12-21-35-36-29-28-30-14-4-5-17-32(30)45(36)49-46(35)43)42-26-13-25-41-44(42)37-20-8-11-24-40(37)47(41)38-22-9-6-18-33(38)34-19-7-10-23-39(34)47/h1-29H. The lowest BCUT2D eigenvalue weighted by Gasteiger charge is -2.31. The van der Waals surface area contributed by atoms with Crippen LogP contribution >= 0.6 is 0 Å². The minimum Gasteiger partial charge on any atom is -0.453 e.